The number of benzene rings is 2. The SMILES string of the molecule is O=[N+]([O-])c1cc(I)c(F)cc1NC(CO)c1ccccc1. The first-order valence-electron chi connectivity index (χ1n) is 6.08. The Morgan fingerprint density at radius 3 is 2.57 bits per heavy atom. The van der Waals surface area contributed by atoms with Gasteiger partial charge in [-0.15, -0.1) is 0 Å². The summed E-state index contributed by atoms with van der Waals surface area (Å²) < 4.78 is 13.8. The largest absolute Gasteiger partial charge is 0.394 e. The lowest BCUT2D eigenvalue weighted by atomic mass is 10.1. The lowest BCUT2D eigenvalue weighted by molar-refractivity contribution is -0.384. The van der Waals surface area contributed by atoms with Crippen LogP contribution in [-0.4, -0.2) is 16.6 Å². The summed E-state index contributed by atoms with van der Waals surface area (Å²) in [6, 6.07) is 10.7. The molecule has 1 unspecified atom stereocenters. The number of hydrogen-bond acceptors (Lipinski definition) is 4. The van der Waals surface area contributed by atoms with E-state index in [0.717, 1.165) is 17.7 Å². The third-order valence-electron chi connectivity index (χ3n) is 2.95. The molecule has 0 fully saturated rings. The summed E-state index contributed by atoms with van der Waals surface area (Å²) in [5, 5.41) is 23.4. The third kappa shape index (κ3) is 3.67. The van der Waals surface area contributed by atoms with Gasteiger partial charge in [0.25, 0.3) is 5.69 Å². The molecule has 110 valence electrons. The number of rotatable bonds is 5. The first-order chi connectivity index (χ1) is 10.0. The van der Waals surface area contributed by atoms with Crippen molar-refractivity contribution in [3.8, 4) is 0 Å². The summed E-state index contributed by atoms with van der Waals surface area (Å²) in [4.78, 5) is 10.5. The van der Waals surface area contributed by atoms with Gasteiger partial charge in [0.15, 0.2) is 0 Å². The van der Waals surface area contributed by atoms with Crippen LogP contribution < -0.4 is 5.32 Å². The highest BCUT2D eigenvalue weighted by molar-refractivity contribution is 14.1. The van der Waals surface area contributed by atoms with Gasteiger partial charge in [-0.3, -0.25) is 10.1 Å². The van der Waals surface area contributed by atoms with Crippen molar-refractivity contribution in [3.05, 3.63) is 67.5 Å². The van der Waals surface area contributed by atoms with Gasteiger partial charge in [0.2, 0.25) is 0 Å². The van der Waals surface area contributed by atoms with Crippen LogP contribution in [0.15, 0.2) is 42.5 Å². The van der Waals surface area contributed by atoms with E-state index in [1.165, 1.54) is 0 Å². The van der Waals surface area contributed by atoms with E-state index >= 15 is 0 Å². The highest BCUT2D eigenvalue weighted by Crippen LogP contribution is 2.31. The van der Waals surface area contributed by atoms with Gasteiger partial charge in [-0.1, -0.05) is 30.3 Å². The predicted molar refractivity (Wildman–Crippen MR) is 85.7 cm³/mol. The molecular weight excluding hydrogens is 390 g/mol. The van der Waals surface area contributed by atoms with Crippen LogP contribution in [-0.2, 0) is 0 Å². The van der Waals surface area contributed by atoms with Crippen molar-refractivity contribution in [2.75, 3.05) is 11.9 Å². The Hall–Kier alpha value is -1.74. The van der Waals surface area contributed by atoms with E-state index in [1.54, 1.807) is 46.9 Å². The van der Waals surface area contributed by atoms with E-state index in [1.807, 2.05) is 6.07 Å². The molecule has 0 amide bonds. The summed E-state index contributed by atoms with van der Waals surface area (Å²) in [6.45, 7) is -0.269. The molecular formula is C14H12FIN2O3. The smallest absolute Gasteiger partial charge is 0.293 e. The number of nitro groups is 1. The van der Waals surface area contributed by atoms with E-state index in [2.05, 4.69) is 5.32 Å². The van der Waals surface area contributed by atoms with Gasteiger partial charge >= 0.3 is 0 Å². The number of nitrogens with zero attached hydrogens (tertiary/aromatic N) is 1. The number of hydrogen-bond donors (Lipinski definition) is 2. The average Bonchev–Trinajstić information content (AvgIpc) is 2.48. The zero-order valence-electron chi connectivity index (χ0n) is 10.8. The second-order valence-corrected chi connectivity index (χ2v) is 5.49. The molecule has 2 rings (SSSR count). The maximum Gasteiger partial charge on any atom is 0.293 e. The molecule has 0 aromatic heterocycles. The van der Waals surface area contributed by atoms with Gasteiger partial charge in [-0.05, 0) is 28.2 Å². The normalized spacial score (nSPS) is 12.0. The number of anilines is 1. The summed E-state index contributed by atoms with van der Waals surface area (Å²) in [6.07, 6.45) is 0. The summed E-state index contributed by atoms with van der Waals surface area (Å²) >= 11 is 1.70. The molecule has 0 aliphatic heterocycles. The highest BCUT2D eigenvalue weighted by Gasteiger charge is 2.20. The van der Waals surface area contributed by atoms with E-state index < -0.39 is 16.8 Å². The molecule has 21 heavy (non-hydrogen) atoms. The third-order valence-corrected chi connectivity index (χ3v) is 3.78. The van der Waals surface area contributed by atoms with Crippen LogP contribution in [0.2, 0.25) is 0 Å². The molecule has 2 aromatic carbocycles. The minimum Gasteiger partial charge on any atom is -0.394 e. The number of nitrogens with one attached hydrogen (secondary N) is 1. The fourth-order valence-electron chi connectivity index (χ4n) is 1.91. The van der Waals surface area contributed by atoms with Gasteiger partial charge in [0, 0.05) is 12.1 Å². The first kappa shape index (κ1) is 15.6. The van der Waals surface area contributed by atoms with Crippen LogP contribution in [0.1, 0.15) is 11.6 Å². The van der Waals surface area contributed by atoms with Crippen LogP contribution in [0.25, 0.3) is 0 Å². The van der Waals surface area contributed by atoms with Crippen LogP contribution >= 0.6 is 22.6 Å². The molecule has 1 atom stereocenters. The summed E-state index contributed by atoms with van der Waals surface area (Å²) in [5.41, 5.74) is 0.573. The van der Waals surface area contributed by atoms with Crippen molar-refractivity contribution in [1.82, 2.24) is 0 Å². The zero-order chi connectivity index (χ0) is 15.4. The fourth-order valence-corrected chi connectivity index (χ4v) is 2.36. The van der Waals surface area contributed by atoms with Crippen molar-refractivity contribution in [1.29, 1.82) is 0 Å². The zero-order valence-corrected chi connectivity index (χ0v) is 13.0. The Bertz CT molecular complexity index is 652. The summed E-state index contributed by atoms with van der Waals surface area (Å²) in [5.74, 6) is -0.548. The van der Waals surface area contributed by atoms with Gasteiger partial charge in [0.1, 0.15) is 11.5 Å². The molecule has 0 saturated carbocycles. The van der Waals surface area contributed by atoms with Crippen molar-refractivity contribution in [2.24, 2.45) is 0 Å². The molecule has 2 aromatic rings. The maximum atomic E-state index is 13.6. The predicted octanol–water partition coefficient (Wildman–Crippen LogP) is 3.48. The molecule has 0 aliphatic carbocycles. The van der Waals surface area contributed by atoms with E-state index in [0.29, 0.717) is 0 Å². The second kappa shape index (κ2) is 6.81. The van der Waals surface area contributed by atoms with Gasteiger partial charge in [-0.25, -0.2) is 4.39 Å². The Kier molecular flexibility index (Phi) is 5.07. The Morgan fingerprint density at radius 1 is 1.33 bits per heavy atom. The van der Waals surface area contributed by atoms with Gasteiger partial charge in [0.05, 0.1) is 21.1 Å². The molecule has 0 spiro atoms. The number of halogens is 2. The second-order valence-electron chi connectivity index (χ2n) is 4.33. The van der Waals surface area contributed by atoms with Crippen LogP contribution in [0.5, 0.6) is 0 Å². The van der Waals surface area contributed by atoms with Crippen LogP contribution in [0.4, 0.5) is 15.8 Å². The number of aliphatic hydroxyl groups is 1. The standard InChI is InChI=1S/C14H12FIN2O3/c15-10-6-12(14(18(20)21)7-11(10)16)17-13(8-19)9-4-2-1-3-5-9/h1-7,13,17,19H,8H2. The van der Waals surface area contributed by atoms with Crippen LogP contribution in [0.3, 0.4) is 0 Å². The lowest BCUT2D eigenvalue weighted by Crippen LogP contribution is -2.16. The number of nitro benzene ring substituents is 1. The highest BCUT2D eigenvalue weighted by atomic mass is 127. The van der Waals surface area contributed by atoms with Crippen LogP contribution in [0, 0.1) is 19.5 Å². The van der Waals surface area contributed by atoms with E-state index in [4.69, 9.17) is 0 Å². The lowest BCUT2D eigenvalue weighted by Gasteiger charge is -2.18. The van der Waals surface area contributed by atoms with Crippen molar-refractivity contribution >= 4 is 34.0 Å². The molecule has 7 heteroatoms. The van der Waals surface area contributed by atoms with E-state index in [-0.39, 0.29) is 21.6 Å². The molecule has 0 bridgehead atoms. The summed E-state index contributed by atoms with van der Waals surface area (Å²) in [7, 11) is 0. The van der Waals surface area contributed by atoms with Crippen molar-refractivity contribution in [3.63, 3.8) is 0 Å². The molecule has 0 heterocycles. The van der Waals surface area contributed by atoms with Crippen molar-refractivity contribution < 1.29 is 14.4 Å². The molecule has 2 N–H and O–H groups in total. The maximum absolute atomic E-state index is 13.6. The number of aliphatic hydroxyl groups excluding tert-OH is 1. The Morgan fingerprint density at radius 2 is 2.00 bits per heavy atom. The minimum absolute atomic E-state index is 0.0424. The quantitative estimate of drug-likeness (QED) is 0.456. The fraction of sp³-hybridized carbons (Fsp3) is 0.143. The molecule has 0 saturated heterocycles. The molecule has 0 aliphatic rings. The monoisotopic (exact) mass is 402 g/mol. The first-order valence-corrected chi connectivity index (χ1v) is 7.16. The minimum atomic E-state index is -0.580. The van der Waals surface area contributed by atoms with Gasteiger partial charge in [-0.2, -0.15) is 0 Å². The molecule has 0 radical (unpaired) electrons. The average molecular weight is 402 g/mol. The Labute approximate surface area is 134 Å². The Balaban J connectivity index is 2.37. The van der Waals surface area contributed by atoms with Gasteiger partial charge < -0.3 is 10.4 Å². The van der Waals surface area contributed by atoms with E-state index in [9.17, 15) is 19.6 Å². The topological polar surface area (TPSA) is 75.4 Å². The van der Waals surface area contributed by atoms with Crippen molar-refractivity contribution in [2.45, 2.75) is 6.04 Å². The molecule has 5 nitrogen and oxygen atoms in total.